The Morgan fingerprint density at radius 2 is 2.03 bits per heavy atom. The Morgan fingerprint density at radius 3 is 2.70 bits per heavy atom. The smallest absolute Gasteiger partial charge is 0.378 e. The minimum Gasteiger partial charge on any atom is -0.378 e. The largest absolute Gasteiger partial charge is 0.421 e. The summed E-state index contributed by atoms with van der Waals surface area (Å²) in [5, 5.41) is 10.2. The second kappa shape index (κ2) is 8.38. The van der Waals surface area contributed by atoms with Crippen LogP contribution in [-0.2, 0) is 10.9 Å². The first-order valence-electron chi connectivity index (χ1n) is 10.2. The van der Waals surface area contributed by atoms with Crippen molar-refractivity contribution in [3.63, 3.8) is 0 Å². The average molecular weight is 425 g/mol. The van der Waals surface area contributed by atoms with E-state index >= 15 is 0 Å². The number of hydrogen-bond donors (Lipinski definition) is 2. The molecular formula is C19H26F3N7O. The van der Waals surface area contributed by atoms with Gasteiger partial charge in [0.05, 0.1) is 42.9 Å². The minimum absolute atomic E-state index is 0.0958. The molecule has 0 unspecified atom stereocenters. The van der Waals surface area contributed by atoms with Gasteiger partial charge in [-0.05, 0) is 33.2 Å². The van der Waals surface area contributed by atoms with E-state index in [9.17, 15) is 13.2 Å². The maximum atomic E-state index is 13.2. The van der Waals surface area contributed by atoms with E-state index in [1.807, 2.05) is 11.6 Å². The van der Waals surface area contributed by atoms with Crippen LogP contribution in [-0.4, -0.2) is 63.5 Å². The van der Waals surface area contributed by atoms with E-state index in [1.165, 1.54) is 0 Å². The van der Waals surface area contributed by atoms with Gasteiger partial charge in [0, 0.05) is 19.3 Å². The average Bonchev–Trinajstić information content (AvgIpc) is 3.00. The molecule has 11 heteroatoms. The molecule has 4 heterocycles. The number of nitrogens with zero attached hydrogens (tertiary/aromatic N) is 5. The summed E-state index contributed by atoms with van der Waals surface area (Å²) in [6, 6.07) is 0.743. The van der Waals surface area contributed by atoms with Gasteiger partial charge in [-0.1, -0.05) is 0 Å². The number of ether oxygens (including phenoxy) is 1. The van der Waals surface area contributed by atoms with Gasteiger partial charge in [-0.2, -0.15) is 23.3 Å². The van der Waals surface area contributed by atoms with Crippen molar-refractivity contribution in [2.45, 2.75) is 44.9 Å². The van der Waals surface area contributed by atoms with Gasteiger partial charge in [0.15, 0.2) is 0 Å². The third-order valence-corrected chi connectivity index (χ3v) is 5.64. The summed E-state index contributed by atoms with van der Waals surface area (Å²) < 4.78 is 46.8. The molecule has 0 spiro atoms. The Bertz CT molecular complexity index is 881. The van der Waals surface area contributed by atoms with Crippen molar-refractivity contribution in [2.24, 2.45) is 0 Å². The zero-order chi connectivity index (χ0) is 21.3. The van der Waals surface area contributed by atoms with Crippen LogP contribution >= 0.6 is 0 Å². The maximum Gasteiger partial charge on any atom is 0.421 e. The maximum absolute atomic E-state index is 13.2. The fourth-order valence-electron chi connectivity index (χ4n) is 3.94. The van der Waals surface area contributed by atoms with Gasteiger partial charge in [0.1, 0.15) is 11.4 Å². The first-order valence-corrected chi connectivity index (χ1v) is 10.2. The first-order chi connectivity index (χ1) is 14.4. The molecule has 30 heavy (non-hydrogen) atoms. The molecule has 2 aliphatic rings. The summed E-state index contributed by atoms with van der Waals surface area (Å²) in [6.45, 7) is 7.54. The fourth-order valence-corrected chi connectivity index (χ4v) is 3.94. The Morgan fingerprint density at radius 1 is 1.23 bits per heavy atom. The number of piperidine rings is 1. The number of nitrogens with one attached hydrogen (secondary N) is 2. The van der Waals surface area contributed by atoms with Crippen LogP contribution < -0.4 is 10.6 Å². The van der Waals surface area contributed by atoms with E-state index in [2.05, 4.69) is 30.6 Å². The van der Waals surface area contributed by atoms with Crippen LogP contribution in [0.5, 0.6) is 0 Å². The van der Waals surface area contributed by atoms with Crippen molar-refractivity contribution in [3.8, 4) is 0 Å². The third kappa shape index (κ3) is 4.22. The molecule has 2 aromatic heterocycles. The highest BCUT2D eigenvalue weighted by Gasteiger charge is 2.35. The predicted molar refractivity (Wildman–Crippen MR) is 106 cm³/mol. The van der Waals surface area contributed by atoms with Gasteiger partial charge in [-0.3, -0.25) is 9.58 Å². The van der Waals surface area contributed by atoms with Gasteiger partial charge >= 0.3 is 6.18 Å². The summed E-state index contributed by atoms with van der Waals surface area (Å²) in [5.74, 6) is -0.142. The topological polar surface area (TPSA) is 80.1 Å². The van der Waals surface area contributed by atoms with Gasteiger partial charge < -0.3 is 15.4 Å². The predicted octanol–water partition coefficient (Wildman–Crippen LogP) is 3.21. The molecule has 0 amide bonds. The van der Waals surface area contributed by atoms with Crippen LogP contribution in [0.2, 0.25) is 0 Å². The molecule has 2 N–H and O–H groups in total. The molecule has 0 saturated carbocycles. The molecular weight excluding hydrogens is 399 g/mol. The monoisotopic (exact) mass is 425 g/mol. The molecule has 0 radical (unpaired) electrons. The lowest BCUT2D eigenvalue weighted by Crippen LogP contribution is -2.52. The summed E-state index contributed by atoms with van der Waals surface area (Å²) in [4.78, 5) is 10.3. The van der Waals surface area contributed by atoms with Crippen molar-refractivity contribution in [1.82, 2.24) is 24.6 Å². The van der Waals surface area contributed by atoms with Gasteiger partial charge in [-0.25, -0.2) is 4.98 Å². The van der Waals surface area contributed by atoms with Crippen LogP contribution in [0.25, 0.3) is 0 Å². The van der Waals surface area contributed by atoms with Crippen LogP contribution in [0.3, 0.4) is 0 Å². The molecule has 2 aliphatic heterocycles. The van der Waals surface area contributed by atoms with E-state index in [4.69, 9.17) is 4.74 Å². The Balaban J connectivity index is 1.51. The normalized spacial score (nSPS) is 20.8. The molecule has 0 aromatic carbocycles. The van der Waals surface area contributed by atoms with E-state index in [1.54, 1.807) is 13.1 Å². The van der Waals surface area contributed by atoms with Crippen LogP contribution in [0.1, 0.15) is 37.1 Å². The van der Waals surface area contributed by atoms with Gasteiger partial charge in [-0.15, -0.1) is 0 Å². The number of aromatic nitrogens is 4. The van der Waals surface area contributed by atoms with E-state index < -0.39 is 11.7 Å². The molecule has 8 nitrogen and oxygen atoms in total. The quantitative estimate of drug-likeness (QED) is 0.736. The lowest BCUT2D eigenvalue weighted by atomic mass is 10.0. The second-order valence-corrected chi connectivity index (χ2v) is 7.68. The van der Waals surface area contributed by atoms with Crippen molar-refractivity contribution < 1.29 is 17.9 Å². The van der Waals surface area contributed by atoms with Crippen molar-refractivity contribution in [1.29, 1.82) is 0 Å². The molecule has 2 fully saturated rings. The molecule has 2 aromatic rings. The number of likely N-dealkylation sites (tertiary alicyclic amines) is 1. The Hall–Kier alpha value is -2.40. The first kappa shape index (κ1) is 20.9. The minimum atomic E-state index is -4.52. The summed E-state index contributed by atoms with van der Waals surface area (Å²) in [7, 11) is 0. The van der Waals surface area contributed by atoms with Crippen molar-refractivity contribution in [3.05, 3.63) is 23.7 Å². The van der Waals surface area contributed by atoms with E-state index in [0.29, 0.717) is 18.3 Å². The highest BCUT2D eigenvalue weighted by Crippen LogP contribution is 2.34. The third-order valence-electron chi connectivity index (χ3n) is 5.64. The highest BCUT2D eigenvalue weighted by atomic mass is 19.4. The zero-order valence-electron chi connectivity index (χ0n) is 17.0. The SMILES string of the molecule is CCNc1nc(Nc2cnn([C@H]3CCCN(C4COC4)C3)c2C)ncc1C(F)(F)F. The summed E-state index contributed by atoms with van der Waals surface area (Å²) in [5.41, 5.74) is 0.700. The van der Waals surface area contributed by atoms with Crippen LogP contribution in [0.15, 0.2) is 12.4 Å². The number of alkyl halides is 3. The summed E-state index contributed by atoms with van der Waals surface area (Å²) in [6.07, 6.45) is 0.0846. The van der Waals surface area contributed by atoms with E-state index in [0.717, 1.165) is 51.0 Å². The molecule has 2 saturated heterocycles. The lowest BCUT2D eigenvalue weighted by molar-refractivity contribution is -0.137. The Kier molecular flexibility index (Phi) is 5.83. The second-order valence-electron chi connectivity index (χ2n) is 7.68. The molecule has 0 aliphatic carbocycles. The number of hydrogen-bond acceptors (Lipinski definition) is 7. The highest BCUT2D eigenvalue weighted by molar-refractivity contribution is 5.58. The van der Waals surface area contributed by atoms with Crippen LogP contribution in [0, 0.1) is 6.92 Å². The fraction of sp³-hybridized carbons (Fsp3) is 0.632. The number of halogens is 3. The summed E-state index contributed by atoms with van der Waals surface area (Å²) >= 11 is 0. The van der Waals surface area contributed by atoms with Crippen molar-refractivity contribution in [2.75, 3.05) is 43.5 Å². The molecule has 0 bridgehead atoms. The zero-order valence-corrected chi connectivity index (χ0v) is 17.0. The molecule has 1 atom stereocenters. The number of rotatable bonds is 6. The van der Waals surface area contributed by atoms with Gasteiger partial charge in [0.25, 0.3) is 0 Å². The number of anilines is 3. The lowest BCUT2D eigenvalue weighted by Gasteiger charge is -2.42. The van der Waals surface area contributed by atoms with Crippen LogP contribution in [0.4, 0.5) is 30.6 Å². The Labute approximate surface area is 172 Å². The van der Waals surface area contributed by atoms with Gasteiger partial charge in [0.2, 0.25) is 5.95 Å². The molecule has 164 valence electrons. The molecule has 4 rings (SSSR count). The standard InChI is InChI=1S/C19H26F3N7O/c1-3-23-17-15(19(20,21)22)7-24-18(27-17)26-16-8-25-29(12(16)2)13-5-4-6-28(9-13)14-10-30-11-14/h7-8,13-14H,3-6,9-11H2,1-2H3,(H2,23,24,26,27)/t13-/m0/s1. The van der Waals surface area contributed by atoms with Crippen molar-refractivity contribution >= 4 is 17.5 Å². The van der Waals surface area contributed by atoms with E-state index in [-0.39, 0.29) is 17.8 Å².